The Kier molecular flexibility index (Phi) is 5.04. The van der Waals surface area contributed by atoms with Gasteiger partial charge in [0.25, 0.3) is 5.91 Å². The van der Waals surface area contributed by atoms with E-state index < -0.39 is 0 Å². The van der Waals surface area contributed by atoms with E-state index in [0.29, 0.717) is 31.7 Å². The van der Waals surface area contributed by atoms with Crippen molar-refractivity contribution in [2.75, 3.05) is 19.7 Å². The Hall–Kier alpha value is -2.08. The Morgan fingerprint density at radius 1 is 1.12 bits per heavy atom. The zero-order valence-electron chi connectivity index (χ0n) is 13.2. The van der Waals surface area contributed by atoms with Crippen LogP contribution < -0.4 is 10.5 Å². The van der Waals surface area contributed by atoms with E-state index in [-0.39, 0.29) is 24.3 Å². The summed E-state index contributed by atoms with van der Waals surface area (Å²) in [6.07, 6.45) is 1.26. The SMILES string of the molecule is NC(=O)C1CCN(C(=O)COc2ccc3cc(Br)ccc3c2)CC1. The summed E-state index contributed by atoms with van der Waals surface area (Å²) in [4.78, 5) is 25.1. The average molecular weight is 391 g/mol. The molecule has 0 saturated carbocycles. The van der Waals surface area contributed by atoms with Crippen molar-refractivity contribution in [3.8, 4) is 5.75 Å². The third kappa shape index (κ3) is 3.87. The molecule has 0 unspecified atom stereocenters. The summed E-state index contributed by atoms with van der Waals surface area (Å²) in [7, 11) is 0. The molecule has 6 heteroatoms. The summed E-state index contributed by atoms with van der Waals surface area (Å²) in [6, 6.07) is 11.8. The number of benzene rings is 2. The number of likely N-dealkylation sites (tertiary alicyclic amines) is 1. The van der Waals surface area contributed by atoms with Gasteiger partial charge in [-0.15, -0.1) is 0 Å². The maximum atomic E-state index is 12.2. The fourth-order valence-electron chi connectivity index (χ4n) is 2.93. The molecule has 1 aliphatic heterocycles. The van der Waals surface area contributed by atoms with E-state index in [1.165, 1.54) is 0 Å². The molecule has 1 aliphatic rings. The largest absolute Gasteiger partial charge is 0.484 e. The van der Waals surface area contributed by atoms with E-state index in [0.717, 1.165) is 15.2 Å². The monoisotopic (exact) mass is 390 g/mol. The second kappa shape index (κ2) is 7.21. The Balaban J connectivity index is 1.56. The van der Waals surface area contributed by atoms with Crippen LogP contribution in [0.3, 0.4) is 0 Å². The van der Waals surface area contributed by atoms with Gasteiger partial charge in [0.15, 0.2) is 6.61 Å². The highest BCUT2D eigenvalue weighted by atomic mass is 79.9. The quantitative estimate of drug-likeness (QED) is 0.871. The van der Waals surface area contributed by atoms with Gasteiger partial charge in [0.05, 0.1) is 0 Å². The smallest absolute Gasteiger partial charge is 0.260 e. The van der Waals surface area contributed by atoms with Crippen LogP contribution in [0.25, 0.3) is 10.8 Å². The number of carbonyl (C=O) groups is 2. The van der Waals surface area contributed by atoms with Gasteiger partial charge in [-0.3, -0.25) is 9.59 Å². The lowest BCUT2D eigenvalue weighted by molar-refractivity contribution is -0.136. The molecule has 126 valence electrons. The van der Waals surface area contributed by atoms with Gasteiger partial charge in [-0.2, -0.15) is 0 Å². The zero-order chi connectivity index (χ0) is 17.1. The molecule has 0 spiro atoms. The topological polar surface area (TPSA) is 72.6 Å². The third-order valence-corrected chi connectivity index (χ3v) is 4.88. The van der Waals surface area contributed by atoms with E-state index in [2.05, 4.69) is 15.9 Å². The Labute approximate surface area is 148 Å². The van der Waals surface area contributed by atoms with Crippen LogP contribution in [0.4, 0.5) is 0 Å². The number of nitrogens with two attached hydrogens (primary N) is 1. The number of hydrogen-bond acceptors (Lipinski definition) is 3. The predicted octanol–water partition coefficient (Wildman–Crippen LogP) is 2.71. The van der Waals surface area contributed by atoms with E-state index in [1.807, 2.05) is 36.4 Å². The van der Waals surface area contributed by atoms with E-state index in [1.54, 1.807) is 4.90 Å². The lowest BCUT2D eigenvalue weighted by atomic mass is 9.96. The summed E-state index contributed by atoms with van der Waals surface area (Å²) in [5, 5.41) is 2.17. The molecule has 0 aromatic heterocycles. The van der Waals surface area contributed by atoms with Crippen LogP contribution in [0, 0.1) is 5.92 Å². The van der Waals surface area contributed by atoms with Gasteiger partial charge in [-0.05, 0) is 47.9 Å². The standard InChI is InChI=1S/C18H19BrN2O3/c19-15-3-1-14-10-16(4-2-13(14)9-15)24-11-17(22)21-7-5-12(6-8-21)18(20)23/h1-4,9-10,12H,5-8,11H2,(H2,20,23). The van der Waals surface area contributed by atoms with Gasteiger partial charge in [0, 0.05) is 23.5 Å². The third-order valence-electron chi connectivity index (χ3n) is 4.39. The van der Waals surface area contributed by atoms with Crippen molar-refractivity contribution in [2.24, 2.45) is 11.7 Å². The number of piperidine rings is 1. The number of primary amides is 1. The lowest BCUT2D eigenvalue weighted by Crippen LogP contribution is -2.43. The number of carbonyl (C=O) groups excluding carboxylic acids is 2. The summed E-state index contributed by atoms with van der Waals surface area (Å²) in [6.45, 7) is 1.12. The molecule has 5 nitrogen and oxygen atoms in total. The number of amides is 2. The van der Waals surface area contributed by atoms with Crippen molar-refractivity contribution in [3.05, 3.63) is 40.9 Å². The van der Waals surface area contributed by atoms with Crippen molar-refractivity contribution in [1.82, 2.24) is 4.90 Å². The zero-order valence-corrected chi connectivity index (χ0v) is 14.8. The number of rotatable bonds is 4. The summed E-state index contributed by atoms with van der Waals surface area (Å²) >= 11 is 3.45. The molecular weight excluding hydrogens is 372 g/mol. The highest BCUT2D eigenvalue weighted by Gasteiger charge is 2.25. The number of fused-ring (bicyclic) bond motifs is 1. The summed E-state index contributed by atoms with van der Waals surface area (Å²) < 4.78 is 6.67. The minimum absolute atomic E-state index is 0.00325. The maximum Gasteiger partial charge on any atom is 0.260 e. The van der Waals surface area contributed by atoms with Crippen molar-refractivity contribution >= 4 is 38.5 Å². The van der Waals surface area contributed by atoms with Crippen LogP contribution in [-0.2, 0) is 9.59 Å². The van der Waals surface area contributed by atoms with Crippen LogP contribution in [-0.4, -0.2) is 36.4 Å². The molecule has 1 saturated heterocycles. The van der Waals surface area contributed by atoms with Crippen LogP contribution in [0.2, 0.25) is 0 Å². The van der Waals surface area contributed by atoms with Crippen LogP contribution >= 0.6 is 15.9 Å². The molecule has 0 aliphatic carbocycles. The second-order valence-electron chi connectivity index (χ2n) is 6.00. The van der Waals surface area contributed by atoms with E-state index in [4.69, 9.17) is 10.5 Å². The maximum absolute atomic E-state index is 12.2. The molecule has 0 radical (unpaired) electrons. The molecule has 3 rings (SSSR count). The van der Waals surface area contributed by atoms with Gasteiger partial charge in [-0.1, -0.05) is 28.1 Å². The van der Waals surface area contributed by atoms with Crippen LogP contribution in [0.1, 0.15) is 12.8 Å². The van der Waals surface area contributed by atoms with Crippen molar-refractivity contribution in [2.45, 2.75) is 12.8 Å². The fourth-order valence-corrected chi connectivity index (χ4v) is 3.31. The van der Waals surface area contributed by atoms with Crippen molar-refractivity contribution in [1.29, 1.82) is 0 Å². The second-order valence-corrected chi connectivity index (χ2v) is 6.92. The van der Waals surface area contributed by atoms with E-state index in [9.17, 15) is 9.59 Å². The molecule has 2 amide bonds. The van der Waals surface area contributed by atoms with Gasteiger partial charge in [0.1, 0.15) is 5.75 Å². The molecule has 1 heterocycles. The molecule has 2 aromatic rings. The van der Waals surface area contributed by atoms with E-state index >= 15 is 0 Å². The summed E-state index contributed by atoms with van der Waals surface area (Å²) in [5.74, 6) is 0.218. The van der Waals surface area contributed by atoms with Crippen molar-refractivity contribution in [3.63, 3.8) is 0 Å². The minimum Gasteiger partial charge on any atom is -0.484 e. The van der Waals surface area contributed by atoms with Gasteiger partial charge >= 0.3 is 0 Å². The summed E-state index contributed by atoms with van der Waals surface area (Å²) in [5.41, 5.74) is 5.31. The fraction of sp³-hybridized carbons (Fsp3) is 0.333. The van der Waals surface area contributed by atoms with Gasteiger partial charge in [0.2, 0.25) is 5.91 Å². The molecular formula is C18H19BrN2O3. The first-order valence-electron chi connectivity index (χ1n) is 7.92. The number of nitrogens with zero attached hydrogens (tertiary/aromatic N) is 1. The van der Waals surface area contributed by atoms with Crippen molar-refractivity contribution < 1.29 is 14.3 Å². The molecule has 24 heavy (non-hydrogen) atoms. The minimum atomic E-state index is -0.277. The highest BCUT2D eigenvalue weighted by molar-refractivity contribution is 9.10. The molecule has 0 atom stereocenters. The first kappa shape index (κ1) is 16.8. The Bertz CT molecular complexity index is 770. The number of hydrogen-bond donors (Lipinski definition) is 1. The Morgan fingerprint density at radius 3 is 2.50 bits per heavy atom. The first-order valence-corrected chi connectivity index (χ1v) is 8.71. The molecule has 1 fully saturated rings. The first-order chi connectivity index (χ1) is 11.5. The lowest BCUT2D eigenvalue weighted by Gasteiger charge is -2.30. The Morgan fingerprint density at radius 2 is 1.79 bits per heavy atom. The number of halogens is 1. The average Bonchev–Trinajstić information content (AvgIpc) is 2.59. The van der Waals surface area contributed by atoms with Crippen LogP contribution in [0.15, 0.2) is 40.9 Å². The predicted molar refractivity (Wildman–Crippen MR) is 95.6 cm³/mol. The van der Waals surface area contributed by atoms with Crippen LogP contribution in [0.5, 0.6) is 5.75 Å². The molecule has 0 bridgehead atoms. The van der Waals surface area contributed by atoms with Gasteiger partial charge < -0.3 is 15.4 Å². The number of ether oxygens (including phenoxy) is 1. The normalized spacial score (nSPS) is 15.5. The van der Waals surface area contributed by atoms with Gasteiger partial charge in [-0.25, -0.2) is 0 Å². The molecule has 2 aromatic carbocycles. The molecule has 2 N–H and O–H groups in total. The highest BCUT2D eigenvalue weighted by Crippen LogP contribution is 2.24.